The molecular weight excluding hydrogens is 96.1 g/mol. The van der Waals surface area contributed by atoms with Crippen LogP contribution in [-0.4, -0.2) is 43.8 Å². The van der Waals surface area contributed by atoms with E-state index in [1.807, 2.05) is 0 Å². The van der Waals surface area contributed by atoms with Gasteiger partial charge in [0.15, 0.2) is 0 Å². The van der Waals surface area contributed by atoms with Gasteiger partial charge in [-0.3, -0.25) is 0 Å². The van der Waals surface area contributed by atoms with Gasteiger partial charge >= 0.3 is 43.8 Å². The van der Waals surface area contributed by atoms with E-state index in [2.05, 4.69) is 11.5 Å². The molecule has 0 rings (SSSR count). The summed E-state index contributed by atoms with van der Waals surface area (Å²) in [7, 11) is 0. The van der Waals surface area contributed by atoms with Crippen molar-refractivity contribution in [3.05, 3.63) is 0 Å². The molecule has 0 aliphatic carbocycles. The number of rotatable bonds is 0. The Hall–Kier alpha value is 0.530. The van der Waals surface area contributed by atoms with Gasteiger partial charge < -0.3 is 11.5 Å². The molecule has 0 aromatic heterocycles. The number of primary amides is 2. The van der Waals surface area contributed by atoms with E-state index < -0.39 is 6.03 Å². The Bertz CT molecular complexity index is 32.6. The summed E-state index contributed by atoms with van der Waals surface area (Å²) in [5, 5.41) is 0. The van der Waals surface area contributed by atoms with Gasteiger partial charge in [-0.25, -0.2) is 4.79 Å². The molecule has 0 heterocycles. The van der Waals surface area contributed by atoms with Crippen LogP contribution in [0.4, 0.5) is 4.79 Å². The van der Waals surface area contributed by atoms with Gasteiger partial charge in [-0.1, -0.05) is 0 Å². The largest absolute Gasteiger partial charge is 2.00 e. The Balaban J connectivity index is 0. The molecule has 5 heavy (non-hydrogen) atoms. The van der Waals surface area contributed by atoms with E-state index in [4.69, 9.17) is 4.79 Å². The fraction of sp³-hybridized carbons (Fsp3) is 0. The maximum atomic E-state index is 9.00. The summed E-state index contributed by atoms with van der Waals surface area (Å²) >= 11 is 0. The molecule has 0 aromatic rings. The zero-order chi connectivity index (χ0) is 3.58. The van der Waals surface area contributed by atoms with Gasteiger partial charge in [-0.15, -0.1) is 0 Å². The van der Waals surface area contributed by atoms with Gasteiger partial charge in [0.1, 0.15) is 0 Å². The quantitative estimate of drug-likeness (QED) is 0.363. The van der Waals surface area contributed by atoms with E-state index in [9.17, 15) is 0 Å². The molecule has 0 fully saturated rings. The Morgan fingerprint density at radius 2 is 1.40 bits per heavy atom. The molecule has 3 nitrogen and oxygen atoms in total. The molecular formula is CH4CaN2O+2. The number of amides is 2. The second-order valence-electron chi connectivity index (χ2n) is 0.402. The number of hydrogen-bond acceptors (Lipinski definition) is 1. The summed E-state index contributed by atoms with van der Waals surface area (Å²) in [6.07, 6.45) is 0. The standard InChI is InChI=1S/CH4N2O.Ca/c2-1(3)4;/h(H4,2,3,4);/q;+2. The molecule has 0 radical (unpaired) electrons. The average Bonchev–Trinajstić information content (AvgIpc) is 0.811. The van der Waals surface area contributed by atoms with Gasteiger partial charge in [-0.2, -0.15) is 0 Å². The fourth-order valence-electron chi connectivity index (χ4n) is 0. The van der Waals surface area contributed by atoms with E-state index in [1.54, 1.807) is 0 Å². The Labute approximate surface area is 59.7 Å². The fourth-order valence-corrected chi connectivity index (χ4v) is 0. The van der Waals surface area contributed by atoms with Gasteiger partial charge in [0.05, 0.1) is 0 Å². The molecule has 0 saturated heterocycles. The monoisotopic (exact) mass is 100.0 g/mol. The molecule has 0 bridgehead atoms. The van der Waals surface area contributed by atoms with Crippen LogP contribution in [0, 0.1) is 0 Å². The smallest absolute Gasteiger partial charge is 0.352 e. The van der Waals surface area contributed by atoms with E-state index in [1.165, 1.54) is 0 Å². The molecule has 0 aromatic carbocycles. The zero-order valence-electron chi connectivity index (χ0n) is 2.77. The van der Waals surface area contributed by atoms with Crippen LogP contribution in [0.3, 0.4) is 0 Å². The number of carbonyl (C=O) groups excluding carboxylic acids is 1. The summed E-state index contributed by atoms with van der Waals surface area (Å²) in [5.41, 5.74) is 8.50. The SMILES string of the molecule is NC(N)=O.[Ca+2]. The van der Waals surface area contributed by atoms with Crippen LogP contribution in [0.1, 0.15) is 0 Å². The summed E-state index contributed by atoms with van der Waals surface area (Å²) < 4.78 is 0. The minimum absolute atomic E-state index is 0. The third kappa shape index (κ3) is 103. The van der Waals surface area contributed by atoms with Crippen molar-refractivity contribution in [2.45, 2.75) is 0 Å². The molecule has 0 aliphatic rings. The molecule has 4 N–H and O–H groups in total. The van der Waals surface area contributed by atoms with Crippen LogP contribution in [0.2, 0.25) is 0 Å². The maximum absolute atomic E-state index is 9.00. The van der Waals surface area contributed by atoms with Gasteiger partial charge in [0, 0.05) is 0 Å². The maximum Gasteiger partial charge on any atom is 2.00 e. The first kappa shape index (κ1) is 9.11. The number of hydrogen-bond donors (Lipinski definition) is 2. The van der Waals surface area contributed by atoms with Crippen molar-refractivity contribution in [3.8, 4) is 0 Å². The predicted molar refractivity (Wildman–Crippen MR) is 19.5 cm³/mol. The van der Waals surface area contributed by atoms with Crippen molar-refractivity contribution in [1.29, 1.82) is 0 Å². The summed E-state index contributed by atoms with van der Waals surface area (Å²) in [4.78, 5) is 9.00. The number of carbonyl (C=O) groups is 1. The minimum Gasteiger partial charge on any atom is -0.352 e. The number of nitrogens with two attached hydrogens (primary N) is 2. The third-order valence-corrected chi connectivity index (χ3v) is 0. The zero-order valence-corrected chi connectivity index (χ0v) is 4.98. The Morgan fingerprint density at radius 1 is 1.40 bits per heavy atom. The second-order valence-corrected chi connectivity index (χ2v) is 0.402. The van der Waals surface area contributed by atoms with Crippen molar-refractivity contribution in [2.24, 2.45) is 11.5 Å². The normalized spacial score (nSPS) is 4.80. The third-order valence-electron chi connectivity index (χ3n) is 0. The summed E-state index contributed by atoms with van der Waals surface area (Å²) in [5.74, 6) is 0. The molecule has 0 spiro atoms. The van der Waals surface area contributed by atoms with E-state index in [0.717, 1.165) is 0 Å². The topological polar surface area (TPSA) is 69.1 Å². The van der Waals surface area contributed by atoms with Gasteiger partial charge in [-0.05, 0) is 0 Å². The molecule has 0 aliphatic heterocycles. The summed E-state index contributed by atoms with van der Waals surface area (Å²) in [6.45, 7) is 0. The first-order valence-corrected chi connectivity index (χ1v) is 0.781. The number of urea groups is 1. The molecule has 4 heteroatoms. The predicted octanol–water partition coefficient (Wildman–Crippen LogP) is -1.36. The molecule has 24 valence electrons. The van der Waals surface area contributed by atoms with E-state index in [0.29, 0.717) is 0 Å². The second kappa shape index (κ2) is 4.53. The van der Waals surface area contributed by atoms with Crippen LogP contribution < -0.4 is 11.5 Å². The van der Waals surface area contributed by atoms with Gasteiger partial charge in [0.2, 0.25) is 0 Å². The van der Waals surface area contributed by atoms with Crippen molar-refractivity contribution < 1.29 is 4.79 Å². The van der Waals surface area contributed by atoms with Crippen LogP contribution >= 0.6 is 0 Å². The first-order chi connectivity index (χ1) is 1.73. The van der Waals surface area contributed by atoms with E-state index >= 15 is 0 Å². The van der Waals surface area contributed by atoms with Crippen molar-refractivity contribution >= 4 is 43.8 Å². The first-order valence-electron chi connectivity index (χ1n) is 0.781. The molecule has 0 saturated carbocycles. The minimum atomic E-state index is -0.833. The van der Waals surface area contributed by atoms with Crippen molar-refractivity contribution in [3.63, 3.8) is 0 Å². The van der Waals surface area contributed by atoms with Crippen LogP contribution in [0.15, 0.2) is 0 Å². The van der Waals surface area contributed by atoms with Crippen molar-refractivity contribution in [1.82, 2.24) is 0 Å². The molecule has 0 unspecified atom stereocenters. The Kier molecular flexibility index (Phi) is 8.25. The van der Waals surface area contributed by atoms with Crippen LogP contribution in [-0.2, 0) is 0 Å². The molecule has 2 amide bonds. The van der Waals surface area contributed by atoms with Crippen LogP contribution in [0.25, 0.3) is 0 Å². The van der Waals surface area contributed by atoms with Gasteiger partial charge in [0.25, 0.3) is 0 Å². The summed E-state index contributed by atoms with van der Waals surface area (Å²) in [6, 6.07) is -0.833. The van der Waals surface area contributed by atoms with E-state index in [-0.39, 0.29) is 37.7 Å². The average molecular weight is 100 g/mol. The van der Waals surface area contributed by atoms with Crippen LogP contribution in [0.5, 0.6) is 0 Å². The molecule has 0 atom stereocenters. The van der Waals surface area contributed by atoms with Crippen molar-refractivity contribution in [2.75, 3.05) is 0 Å². The Morgan fingerprint density at radius 3 is 1.40 bits per heavy atom.